The van der Waals surface area contributed by atoms with Gasteiger partial charge in [-0.2, -0.15) is 0 Å². The van der Waals surface area contributed by atoms with Gasteiger partial charge >= 0.3 is 0 Å². The predicted octanol–water partition coefficient (Wildman–Crippen LogP) is 3.52. The van der Waals surface area contributed by atoms with Gasteiger partial charge in [-0.3, -0.25) is 9.78 Å². The van der Waals surface area contributed by atoms with Crippen LogP contribution in [0.25, 0.3) is 22.0 Å². The van der Waals surface area contributed by atoms with Gasteiger partial charge in [0.2, 0.25) is 0 Å². The number of H-pyrrole nitrogens is 1. The Balaban J connectivity index is 0.00000182. The van der Waals surface area contributed by atoms with Crippen LogP contribution in [0, 0.1) is 0 Å². The molecule has 6 heteroatoms. The molecule has 2 heterocycles. The molecule has 0 bridgehead atoms. The van der Waals surface area contributed by atoms with E-state index in [1.807, 2.05) is 18.2 Å². The summed E-state index contributed by atoms with van der Waals surface area (Å²) in [7, 11) is 3.28. The maximum absolute atomic E-state index is 12.3. The van der Waals surface area contributed by atoms with Crippen molar-refractivity contribution >= 4 is 23.3 Å². The maximum atomic E-state index is 12.3. The smallest absolute Gasteiger partial charge is 0.251 e. The van der Waals surface area contributed by atoms with E-state index in [0.717, 1.165) is 58.2 Å². The number of fused-ring (bicyclic) bond motifs is 3. The Morgan fingerprint density at radius 3 is 2.64 bits per heavy atom. The highest BCUT2D eigenvalue weighted by Gasteiger charge is 2.22. The van der Waals surface area contributed by atoms with E-state index in [4.69, 9.17) is 9.47 Å². The molecule has 0 amide bonds. The Hall–Kier alpha value is -2.53. The number of benzene rings is 1. The molecule has 2 aromatic heterocycles. The topological polar surface area (TPSA) is 64.2 Å². The van der Waals surface area contributed by atoms with E-state index in [9.17, 15) is 4.79 Å². The Morgan fingerprint density at radius 2 is 1.88 bits per heavy atom. The minimum Gasteiger partial charge on any atom is -0.496 e. The Bertz CT molecular complexity index is 998. The van der Waals surface area contributed by atoms with Crippen molar-refractivity contribution in [2.75, 3.05) is 14.2 Å². The van der Waals surface area contributed by atoms with Gasteiger partial charge in [0.25, 0.3) is 5.56 Å². The van der Waals surface area contributed by atoms with Crippen molar-refractivity contribution < 1.29 is 9.47 Å². The van der Waals surface area contributed by atoms with Gasteiger partial charge in [0.15, 0.2) is 0 Å². The average Bonchev–Trinajstić information content (AvgIpc) is 3.11. The van der Waals surface area contributed by atoms with E-state index in [1.165, 1.54) is 0 Å². The molecular formula is C19H19ClN2O3. The Labute approximate surface area is 151 Å². The van der Waals surface area contributed by atoms with Crippen LogP contribution in [0.15, 0.2) is 35.4 Å². The molecule has 1 aliphatic carbocycles. The van der Waals surface area contributed by atoms with Crippen LogP contribution in [-0.4, -0.2) is 24.2 Å². The molecule has 4 rings (SSSR count). The van der Waals surface area contributed by atoms with Gasteiger partial charge in [-0.05, 0) is 43.0 Å². The summed E-state index contributed by atoms with van der Waals surface area (Å²) in [6, 6.07) is 5.73. The molecule has 0 radical (unpaired) electrons. The summed E-state index contributed by atoms with van der Waals surface area (Å²) in [6.07, 6.45) is 6.21. The number of nitrogens with zero attached hydrogens (tertiary/aromatic N) is 1. The average molecular weight is 359 g/mol. The lowest BCUT2D eigenvalue weighted by atomic mass is 9.95. The standard InChI is InChI=1S/C19H18N2O3.ClH/c1-23-12-8-11(9-20-10-12)17-16(24-2)7-6-15-18(17)13-4-3-5-14(13)19(22)21-15;/h6-10H,3-5H2,1-2H3,(H,21,22);1H. The van der Waals surface area contributed by atoms with Crippen molar-refractivity contribution in [1.82, 2.24) is 9.97 Å². The molecule has 1 N–H and O–H groups in total. The van der Waals surface area contributed by atoms with Crippen LogP contribution in [0.3, 0.4) is 0 Å². The first-order valence-electron chi connectivity index (χ1n) is 7.97. The fourth-order valence-corrected chi connectivity index (χ4v) is 3.59. The zero-order valence-corrected chi connectivity index (χ0v) is 14.9. The zero-order valence-electron chi connectivity index (χ0n) is 14.1. The number of aromatic nitrogens is 2. The number of methoxy groups -OCH3 is 2. The fourth-order valence-electron chi connectivity index (χ4n) is 3.59. The third-order valence-corrected chi connectivity index (χ3v) is 4.67. The van der Waals surface area contributed by atoms with Gasteiger partial charge in [0.05, 0.1) is 20.4 Å². The molecule has 3 aromatic rings. The molecule has 130 valence electrons. The van der Waals surface area contributed by atoms with E-state index in [2.05, 4.69) is 9.97 Å². The maximum Gasteiger partial charge on any atom is 0.251 e. The van der Waals surface area contributed by atoms with Crippen LogP contribution < -0.4 is 15.0 Å². The predicted molar refractivity (Wildman–Crippen MR) is 100 cm³/mol. The summed E-state index contributed by atoms with van der Waals surface area (Å²) in [6.45, 7) is 0. The monoisotopic (exact) mass is 358 g/mol. The summed E-state index contributed by atoms with van der Waals surface area (Å²) in [5, 5.41) is 1.05. The molecule has 0 unspecified atom stereocenters. The summed E-state index contributed by atoms with van der Waals surface area (Å²) in [5.41, 5.74) is 4.75. The zero-order chi connectivity index (χ0) is 16.7. The first kappa shape index (κ1) is 17.3. The lowest BCUT2D eigenvalue weighted by molar-refractivity contribution is 0.412. The number of pyridine rings is 2. The lowest BCUT2D eigenvalue weighted by Gasteiger charge is -2.15. The molecule has 0 saturated heterocycles. The number of nitrogens with one attached hydrogen (secondary N) is 1. The molecule has 0 atom stereocenters. The lowest BCUT2D eigenvalue weighted by Crippen LogP contribution is -2.13. The first-order chi connectivity index (χ1) is 11.7. The van der Waals surface area contributed by atoms with Gasteiger partial charge in [-0.1, -0.05) is 0 Å². The molecule has 0 aliphatic heterocycles. The van der Waals surface area contributed by atoms with Crippen molar-refractivity contribution in [3.63, 3.8) is 0 Å². The van der Waals surface area contributed by atoms with E-state index in [-0.39, 0.29) is 18.0 Å². The molecule has 0 saturated carbocycles. The summed E-state index contributed by atoms with van der Waals surface area (Å²) in [4.78, 5) is 19.6. The first-order valence-corrected chi connectivity index (χ1v) is 7.97. The normalized spacial score (nSPS) is 12.6. The van der Waals surface area contributed by atoms with Gasteiger partial charge < -0.3 is 14.5 Å². The molecule has 5 nitrogen and oxygen atoms in total. The van der Waals surface area contributed by atoms with E-state index >= 15 is 0 Å². The molecular weight excluding hydrogens is 340 g/mol. The van der Waals surface area contributed by atoms with Gasteiger partial charge in [0, 0.05) is 33.8 Å². The second-order valence-corrected chi connectivity index (χ2v) is 5.94. The SMILES string of the molecule is COc1cncc(-c2c(OC)ccc3[nH]c(=O)c4c(c23)CCC4)c1.Cl. The highest BCUT2D eigenvalue weighted by atomic mass is 35.5. The second kappa shape index (κ2) is 6.76. The van der Waals surface area contributed by atoms with Crippen LogP contribution in [0.4, 0.5) is 0 Å². The molecule has 25 heavy (non-hydrogen) atoms. The third kappa shape index (κ3) is 2.74. The van der Waals surface area contributed by atoms with Gasteiger partial charge in [0.1, 0.15) is 11.5 Å². The van der Waals surface area contributed by atoms with Crippen molar-refractivity contribution in [3.8, 4) is 22.6 Å². The number of rotatable bonds is 3. The van der Waals surface area contributed by atoms with Crippen molar-refractivity contribution in [1.29, 1.82) is 0 Å². The van der Waals surface area contributed by atoms with Crippen molar-refractivity contribution in [2.24, 2.45) is 0 Å². The summed E-state index contributed by atoms with van der Waals surface area (Å²) >= 11 is 0. The minimum absolute atomic E-state index is 0. The number of halogens is 1. The van der Waals surface area contributed by atoms with Gasteiger partial charge in [-0.25, -0.2) is 0 Å². The van der Waals surface area contributed by atoms with Crippen molar-refractivity contribution in [2.45, 2.75) is 19.3 Å². The third-order valence-electron chi connectivity index (χ3n) is 4.67. The minimum atomic E-state index is 0. The van der Waals surface area contributed by atoms with Gasteiger partial charge in [-0.15, -0.1) is 12.4 Å². The number of hydrogen-bond donors (Lipinski definition) is 1. The van der Waals surface area contributed by atoms with Crippen molar-refractivity contribution in [3.05, 3.63) is 52.1 Å². The van der Waals surface area contributed by atoms with E-state index < -0.39 is 0 Å². The second-order valence-electron chi connectivity index (χ2n) is 5.94. The number of aromatic amines is 1. The fraction of sp³-hybridized carbons (Fsp3) is 0.263. The number of hydrogen-bond acceptors (Lipinski definition) is 4. The quantitative estimate of drug-likeness (QED) is 0.778. The van der Waals surface area contributed by atoms with Crippen LogP contribution in [-0.2, 0) is 12.8 Å². The highest BCUT2D eigenvalue weighted by molar-refractivity contribution is 6.00. The van der Waals surface area contributed by atoms with Crippen LogP contribution in [0.1, 0.15) is 17.5 Å². The molecule has 0 spiro atoms. The molecule has 1 aromatic carbocycles. The Morgan fingerprint density at radius 1 is 1.08 bits per heavy atom. The van der Waals surface area contributed by atoms with E-state index in [0.29, 0.717) is 5.75 Å². The summed E-state index contributed by atoms with van der Waals surface area (Å²) < 4.78 is 10.9. The van der Waals surface area contributed by atoms with Crippen LogP contribution in [0.2, 0.25) is 0 Å². The number of aryl methyl sites for hydroxylation is 1. The van der Waals surface area contributed by atoms with E-state index in [1.54, 1.807) is 26.6 Å². The largest absolute Gasteiger partial charge is 0.496 e. The Kier molecular flexibility index (Phi) is 4.68. The van der Waals surface area contributed by atoms with Crippen LogP contribution >= 0.6 is 12.4 Å². The molecule has 0 fully saturated rings. The number of ether oxygens (including phenoxy) is 2. The summed E-state index contributed by atoms with van der Waals surface area (Å²) in [5.74, 6) is 1.45. The van der Waals surface area contributed by atoms with Crippen LogP contribution in [0.5, 0.6) is 11.5 Å². The molecule has 1 aliphatic rings. The highest BCUT2D eigenvalue weighted by Crippen LogP contribution is 2.40.